The SMILES string of the molecule is CCCNC(C)/C=C/c1cc(F)cc(C(F)(F)F)c1. The van der Waals surface area contributed by atoms with Crippen molar-refractivity contribution < 1.29 is 17.6 Å². The maximum Gasteiger partial charge on any atom is 0.416 e. The van der Waals surface area contributed by atoms with Crippen LogP contribution in [0.3, 0.4) is 0 Å². The topological polar surface area (TPSA) is 12.0 Å². The molecule has 1 aromatic carbocycles. The van der Waals surface area contributed by atoms with E-state index in [1.54, 1.807) is 6.08 Å². The summed E-state index contributed by atoms with van der Waals surface area (Å²) in [7, 11) is 0. The van der Waals surface area contributed by atoms with Crippen molar-refractivity contribution in [1.82, 2.24) is 5.32 Å². The van der Waals surface area contributed by atoms with E-state index in [-0.39, 0.29) is 11.6 Å². The lowest BCUT2D eigenvalue weighted by Crippen LogP contribution is -2.24. The van der Waals surface area contributed by atoms with Gasteiger partial charge in [0.1, 0.15) is 5.82 Å². The first-order valence-electron chi connectivity index (χ1n) is 6.12. The quantitative estimate of drug-likeness (QED) is 0.792. The summed E-state index contributed by atoms with van der Waals surface area (Å²) in [5.74, 6) is -0.886. The highest BCUT2D eigenvalue weighted by atomic mass is 19.4. The van der Waals surface area contributed by atoms with Crippen molar-refractivity contribution >= 4 is 6.08 Å². The molecule has 0 spiro atoms. The summed E-state index contributed by atoms with van der Waals surface area (Å²) in [4.78, 5) is 0. The van der Waals surface area contributed by atoms with Gasteiger partial charge in [0.25, 0.3) is 0 Å². The number of hydrogen-bond donors (Lipinski definition) is 1. The molecule has 5 heteroatoms. The van der Waals surface area contributed by atoms with E-state index in [4.69, 9.17) is 0 Å². The predicted octanol–water partition coefficient (Wildman–Crippen LogP) is 4.25. The minimum atomic E-state index is -4.53. The van der Waals surface area contributed by atoms with Gasteiger partial charge in [0, 0.05) is 6.04 Å². The first-order chi connectivity index (χ1) is 8.82. The van der Waals surface area contributed by atoms with Crippen molar-refractivity contribution in [3.05, 3.63) is 41.2 Å². The number of benzene rings is 1. The highest BCUT2D eigenvalue weighted by Crippen LogP contribution is 2.30. The summed E-state index contributed by atoms with van der Waals surface area (Å²) in [5.41, 5.74) is -0.765. The molecule has 0 radical (unpaired) electrons. The van der Waals surface area contributed by atoms with E-state index in [1.807, 2.05) is 13.8 Å². The van der Waals surface area contributed by atoms with Gasteiger partial charge in [-0.1, -0.05) is 19.1 Å². The lowest BCUT2D eigenvalue weighted by Gasteiger charge is -2.09. The molecule has 0 aliphatic heterocycles. The Hall–Kier alpha value is -1.36. The van der Waals surface area contributed by atoms with Gasteiger partial charge in [-0.25, -0.2) is 4.39 Å². The van der Waals surface area contributed by atoms with Crippen LogP contribution in [0.1, 0.15) is 31.4 Å². The second-order valence-corrected chi connectivity index (χ2v) is 4.37. The van der Waals surface area contributed by atoms with Gasteiger partial charge in [-0.2, -0.15) is 13.2 Å². The van der Waals surface area contributed by atoms with Crippen LogP contribution in [0.25, 0.3) is 6.08 Å². The van der Waals surface area contributed by atoms with Crippen molar-refractivity contribution in [2.75, 3.05) is 6.54 Å². The maximum atomic E-state index is 13.1. The molecule has 1 aromatic rings. The molecule has 1 nitrogen and oxygen atoms in total. The maximum absolute atomic E-state index is 13.1. The highest BCUT2D eigenvalue weighted by Gasteiger charge is 2.31. The van der Waals surface area contributed by atoms with E-state index in [1.165, 1.54) is 6.08 Å². The third-order valence-electron chi connectivity index (χ3n) is 2.54. The van der Waals surface area contributed by atoms with Crippen LogP contribution in [0.4, 0.5) is 17.6 Å². The summed E-state index contributed by atoms with van der Waals surface area (Å²) < 4.78 is 50.7. The van der Waals surface area contributed by atoms with Gasteiger partial charge in [-0.05, 0) is 43.7 Å². The van der Waals surface area contributed by atoms with Crippen LogP contribution in [0.15, 0.2) is 24.3 Å². The van der Waals surface area contributed by atoms with Crippen LogP contribution in [-0.2, 0) is 6.18 Å². The average molecular weight is 275 g/mol. The van der Waals surface area contributed by atoms with Gasteiger partial charge in [0.2, 0.25) is 0 Å². The minimum Gasteiger partial charge on any atom is -0.311 e. The van der Waals surface area contributed by atoms with E-state index in [9.17, 15) is 17.6 Å². The van der Waals surface area contributed by atoms with Crippen molar-refractivity contribution in [2.45, 2.75) is 32.5 Å². The molecule has 0 aromatic heterocycles. The molecular weight excluding hydrogens is 258 g/mol. The molecule has 0 fully saturated rings. The van der Waals surface area contributed by atoms with Gasteiger partial charge in [-0.3, -0.25) is 0 Å². The fourth-order valence-corrected chi connectivity index (χ4v) is 1.57. The minimum absolute atomic E-state index is 0.0255. The molecule has 1 rings (SSSR count). The molecule has 1 N–H and O–H groups in total. The standard InChI is InChI=1S/C14H17F4N/c1-3-6-19-10(2)4-5-11-7-12(14(16,17)18)9-13(15)8-11/h4-5,7-10,19H,3,6H2,1-2H3/b5-4+. The Labute approximate surface area is 110 Å². The highest BCUT2D eigenvalue weighted by molar-refractivity contribution is 5.51. The van der Waals surface area contributed by atoms with Crippen molar-refractivity contribution in [1.29, 1.82) is 0 Å². The number of nitrogens with one attached hydrogen (secondary N) is 1. The van der Waals surface area contributed by atoms with Crippen LogP contribution in [0.2, 0.25) is 0 Å². The zero-order valence-corrected chi connectivity index (χ0v) is 10.9. The summed E-state index contributed by atoms with van der Waals surface area (Å²) in [6.45, 7) is 4.73. The Morgan fingerprint density at radius 2 is 1.95 bits per heavy atom. The lowest BCUT2D eigenvalue weighted by molar-refractivity contribution is -0.137. The van der Waals surface area contributed by atoms with Crippen LogP contribution in [0.5, 0.6) is 0 Å². The van der Waals surface area contributed by atoms with E-state index < -0.39 is 17.6 Å². The number of alkyl halides is 3. The van der Waals surface area contributed by atoms with Crippen molar-refractivity contribution in [2.24, 2.45) is 0 Å². The molecule has 19 heavy (non-hydrogen) atoms. The van der Waals surface area contributed by atoms with Crippen LogP contribution in [-0.4, -0.2) is 12.6 Å². The van der Waals surface area contributed by atoms with Crippen molar-refractivity contribution in [3.8, 4) is 0 Å². The van der Waals surface area contributed by atoms with Crippen molar-refractivity contribution in [3.63, 3.8) is 0 Å². The van der Waals surface area contributed by atoms with Gasteiger partial charge >= 0.3 is 6.18 Å². The molecule has 106 valence electrons. The predicted molar refractivity (Wildman–Crippen MR) is 68.2 cm³/mol. The molecule has 0 heterocycles. The zero-order chi connectivity index (χ0) is 14.5. The van der Waals surface area contributed by atoms with Crippen LogP contribution in [0, 0.1) is 5.82 Å². The van der Waals surface area contributed by atoms with Gasteiger partial charge in [-0.15, -0.1) is 0 Å². The molecular formula is C14H17F4N. The zero-order valence-electron chi connectivity index (χ0n) is 10.9. The lowest BCUT2D eigenvalue weighted by atomic mass is 10.1. The van der Waals surface area contributed by atoms with Crippen LogP contribution < -0.4 is 5.32 Å². The summed E-state index contributed by atoms with van der Waals surface area (Å²) in [6, 6.07) is 2.54. The van der Waals surface area contributed by atoms with Gasteiger partial charge < -0.3 is 5.32 Å². The Balaban J connectivity index is 2.84. The third-order valence-corrected chi connectivity index (χ3v) is 2.54. The van der Waals surface area contributed by atoms with E-state index in [2.05, 4.69) is 5.32 Å². The molecule has 0 amide bonds. The summed E-state index contributed by atoms with van der Waals surface area (Å²) in [5, 5.41) is 3.16. The third kappa shape index (κ3) is 5.42. The van der Waals surface area contributed by atoms with E-state index in [0.29, 0.717) is 6.07 Å². The smallest absolute Gasteiger partial charge is 0.311 e. The fourth-order valence-electron chi connectivity index (χ4n) is 1.57. The number of hydrogen-bond acceptors (Lipinski definition) is 1. The summed E-state index contributed by atoms with van der Waals surface area (Å²) >= 11 is 0. The molecule has 0 saturated heterocycles. The van der Waals surface area contributed by atoms with E-state index >= 15 is 0 Å². The van der Waals surface area contributed by atoms with Gasteiger partial charge in [0.05, 0.1) is 5.56 Å². The molecule has 0 aliphatic carbocycles. The first-order valence-corrected chi connectivity index (χ1v) is 6.12. The monoisotopic (exact) mass is 275 g/mol. The molecule has 0 aliphatic rings. The Morgan fingerprint density at radius 1 is 1.26 bits per heavy atom. The first kappa shape index (κ1) is 15.7. The van der Waals surface area contributed by atoms with Crippen LogP contribution >= 0.6 is 0 Å². The molecule has 1 atom stereocenters. The average Bonchev–Trinajstić information content (AvgIpc) is 2.32. The van der Waals surface area contributed by atoms with Gasteiger partial charge in [0.15, 0.2) is 0 Å². The summed E-state index contributed by atoms with van der Waals surface area (Å²) in [6.07, 6.45) is -0.358. The second-order valence-electron chi connectivity index (χ2n) is 4.37. The largest absolute Gasteiger partial charge is 0.416 e. The van der Waals surface area contributed by atoms with E-state index in [0.717, 1.165) is 25.1 Å². The second kappa shape index (κ2) is 6.70. The Kier molecular flexibility index (Phi) is 5.54. The molecule has 1 unspecified atom stereocenters. The molecule has 0 saturated carbocycles. The number of halogens is 4. The number of rotatable bonds is 5. The normalized spacial score (nSPS) is 14.0. The molecule has 0 bridgehead atoms. The fraction of sp³-hybridized carbons (Fsp3) is 0.429. The Bertz CT molecular complexity index is 438. The Morgan fingerprint density at radius 3 is 2.53 bits per heavy atom.